The van der Waals surface area contributed by atoms with Gasteiger partial charge in [-0.1, -0.05) is 5.16 Å². The highest BCUT2D eigenvalue weighted by Gasteiger charge is 2.55. The fourth-order valence-electron chi connectivity index (χ4n) is 4.11. The second kappa shape index (κ2) is 9.52. The number of oxime groups is 1. The number of thioether (sulfide) groups is 2. The van der Waals surface area contributed by atoms with Gasteiger partial charge in [-0.2, -0.15) is 11.8 Å². The predicted octanol–water partition coefficient (Wildman–Crippen LogP) is 0.00780. The van der Waals surface area contributed by atoms with E-state index in [1.54, 1.807) is 5.38 Å². The molecule has 4 heterocycles. The normalized spacial score (nSPS) is 24.7. The standard InChI is InChI=1S/C19H24N6O5S3/c1-25(3-5-31-6-4-25)7-10-8-32-17-13(16(27)24(17)14(10)18(28)29)22-15(26)12(23-30-2)11-9-33-19(20)21-11/h9,13,17H,3-8H2,1-2H3,(H3-,20,21,22,26,28,29)/p+1/b23-12-/t13?,17-/m0/s1. The smallest absolute Gasteiger partial charge is 0.352 e. The van der Waals surface area contributed by atoms with Crippen molar-refractivity contribution in [3.63, 3.8) is 0 Å². The molecule has 4 rings (SSSR count). The Hall–Kier alpha value is -2.29. The molecule has 2 amide bonds. The zero-order valence-electron chi connectivity index (χ0n) is 18.1. The van der Waals surface area contributed by atoms with Gasteiger partial charge in [0.2, 0.25) is 0 Å². The van der Waals surface area contributed by atoms with Crippen LogP contribution in [0.1, 0.15) is 5.69 Å². The molecule has 0 spiro atoms. The van der Waals surface area contributed by atoms with Crippen LogP contribution in [-0.4, -0.2) is 105 Å². The van der Waals surface area contributed by atoms with Crippen LogP contribution >= 0.6 is 34.9 Å². The number of nitrogens with one attached hydrogen (secondary N) is 1. The number of fused-ring (bicyclic) bond motifs is 1. The maximum Gasteiger partial charge on any atom is 0.352 e. The van der Waals surface area contributed by atoms with E-state index in [1.165, 1.54) is 23.8 Å². The molecule has 2 atom stereocenters. The largest absolute Gasteiger partial charge is 0.477 e. The van der Waals surface area contributed by atoms with Gasteiger partial charge in [-0.3, -0.25) is 14.5 Å². The second-order valence-corrected chi connectivity index (χ2v) is 11.4. The average molecular weight is 514 g/mol. The molecular weight excluding hydrogens is 488 g/mol. The summed E-state index contributed by atoms with van der Waals surface area (Å²) >= 11 is 4.51. The van der Waals surface area contributed by atoms with E-state index in [4.69, 9.17) is 10.6 Å². The lowest BCUT2D eigenvalue weighted by Crippen LogP contribution is -2.71. The molecule has 4 N–H and O–H groups in total. The molecule has 33 heavy (non-hydrogen) atoms. The molecule has 2 saturated heterocycles. The highest BCUT2D eigenvalue weighted by atomic mass is 32.2. The van der Waals surface area contributed by atoms with Gasteiger partial charge in [-0.05, 0) is 0 Å². The summed E-state index contributed by atoms with van der Waals surface area (Å²) in [7, 11) is 3.43. The number of hydrogen-bond acceptors (Lipinski definition) is 10. The van der Waals surface area contributed by atoms with E-state index >= 15 is 0 Å². The van der Waals surface area contributed by atoms with E-state index in [-0.39, 0.29) is 22.2 Å². The first-order chi connectivity index (χ1) is 15.7. The highest BCUT2D eigenvalue weighted by Crippen LogP contribution is 2.41. The van der Waals surface area contributed by atoms with E-state index in [1.807, 2.05) is 11.8 Å². The average Bonchev–Trinajstić information content (AvgIpc) is 3.21. The van der Waals surface area contributed by atoms with Gasteiger partial charge in [0.1, 0.15) is 36.5 Å². The number of likely N-dealkylation sites (N-methyl/N-ethyl adjacent to an activating group) is 1. The number of aromatic nitrogens is 1. The number of nitrogens with two attached hydrogens (primary N) is 1. The third-order valence-electron chi connectivity index (χ3n) is 5.82. The van der Waals surface area contributed by atoms with Crippen molar-refractivity contribution in [3.8, 4) is 0 Å². The third-order valence-corrected chi connectivity index (χ3v) is 8.78. The van der Waals surface area contributed by atoms with Crippen molar-refractivity contribution in [1.82, 2.24) is 15.2 Å². The molecule has 178 valence electrons. The van der Waals surface area contributed by atoms with Crippen molar-refractivity contribution < 1.29 is 28.8 Å². The van der Waals surface area contributed by atoms with Crippen LogP contribution in [0.2, 0.25) is 0 Å². The lowest BCUT2D eigenvalue weighted by atomic mass is 10.0. The van der Waals surface area contributed by atoms with Crippen LogP contribution in [0.15, 0.2) is 21.8 Å². The maximum absolute atomic E-state index is 13.0. The van der Waals surface area contributed by atoms with E-state index in [0.29, 0.717) is 12.3 Å². The number of nitrogens with zero attached hydrogens (tertiary/aromatic N) is 4. The Kier molecular flexibility index (Phi) is 6.88. The Morgan fingerprint density at radius 2 is 2.15 bits per heavy atom. The first kappa shape index (κ1) is 23.9. The number of thiazole rings is 1. The molecule has 3 aliphatic heterocycles. The quantitative estimate of drug-likeness (QED) is 0.198. The number of amides is 2. The number of nitrogen functional groups attached to an aromatic ring is 1. The molecule has 0 aromatic carbocycles. The summed E-state index contributed by atoms with van der Waals surface area (Å²) < 4.78 is 0.764. The van der Waals surface area contributed by atoms with Gasteiger partial charge >= 0.3 is 5.97 Å². The Morgan fingerprint density at radius 1 is 1.42 bits per heavy atom. The van der Waals surface area contributed by atoms with Crippen molar-refractivity contribution in [3.05, 3.63) is 22.3 Å². The first-order valence-electron chi connectivity index (χ1n) is 10.2. The number of anilines is 1. The van der Waals surface area contributed by atoms with Crippen molar-refractivity contribution in [2.45, 2.75) is 11.4 Å². The van der Waals surface area contributed by atoms with Crippen LogP contribution in [-0.2, 0) is 19.2 Å². The summed E-state index contributed by atoms with van der Waals surface area (Å²) in [5.74, 6) is 0.346. The van der Waals surface area contributed by atoms with Crippen LogP contribution in [0.4, 0.5) is 5.13 Å². The SMILES string of the molecule is CO/N=C(\C(=O)NC1C(=O)N2C(C(=O)O)=C(C[N+]3(C)CCSCC3)CS[C@@H]12)c1csc(N)n1. The van der Waals surface area contributed by atoms with Crippen molar-refractivity contribution >= 4 is 63.5 Å². The summed E-state index contributed by atoms with van der Waals surface area (Å²) in [6.45, 7) is 2.52. The Morgan fingerprint density at radius 3 is 2.76 bits per heavy atom. The lowest BCUT2D eigenvalue weighted by molar-refractivity contribution is -0.901. The molecule has 0 radical (unpaired) electrons. The number of quaternary nitrogens is 1. The zero-order valence-corrected chi connectivity index (χ0v) is 20.6. The first-order valence-corrected chi connectivity index (χ1v) is 13.3. The molecule has 1 aromatic heterocycles. The van der Waals surface area contributed by atoms with Crippen molar-refractivity contribution in [2.75, 3.05) is 56.8 Å². The number of β-lactam (4-membered cyclic amide) rings is 1. The minimum Gasteiger partial charge on any atom is -0.477 e. The monoisotopic (exact) mass is 513 g/mol. The van der Waals surface area contributed by atoms with Gasteiger partial charge in [-0.15, -0.1) is 23.1 Å². The second-order valence-electron chi connectivity index (χ2n) is 8.15. The molecular formula is C19H25N6O5S3+. The van der Waals surface area contributed by atoms with Gasteiger partial charge in [0, 0.05) is 28.2 Å². The van der Waals surface area contributed by atoms with E-state index in [0.717, 1.165) is 46.0 Å². The molecule has 3 aliphatic rings. The molecule has 1 aromatic rings. The van der Waals surface area contributed by atoms with Gasteiger partial charge in [0.05, 0.1) is 20.1 Å². The van der Waals surface area contributed by atoms with Crippen LogP contribution in [0.5, 0.6) is 0 Å². The number of carbonyl (C=O) groups is 3. The minimum atomic E-state index is -1.12. The number of carboxylic acids is 1. The van der Waals surface area contributed by atoms with Crippen LogP contribution in [0.25, 0.3) is 0 Å². The Labute approximate surface area is 203 Å². The number of carbonyl (C=O) groups excluding carboxylic acids is 2. The van der Waals surface area contributed by atoms with Crippen LogP contribution in [0, 0.1) is 0 Å². The fourth-order valence-corrected chi connectivity index (χ4v) is 7.34. The summed E-state index contributed by atoms with van der Waals surface area (Å²) in [5, 5.41) is 17.7. The van der Waals surface area contributed by atoms with Gasteiger partial charge in [0.25, 0.3) is 11.8 Å². The minimum absolute atomic E-state index is 0.0462. The number of carboxylic acid groups (broad SMARTS) is 1. The van der Waals surface area contributed by atoms with E-state index < -0.39 is 29.2 Å². The molecule has 11 nitrogen and oxygen atoms in total. The molecule has 0 saturated carbocycles. The van der Waals surface area contributed by atoms with Crippen molar-refractivity contribution in [1.29, 1.82) is 0 Å². The number of aliphatic carboxylic acids is 1. The summed E-state index contributed by atoms with van der Waals surface area (Å²) in [4.78, 5) is 48.1. The number of hydrogen-bond donors (Lipinski definition) is 3. The van der Waals surface area contributed by atoms with Gasteiger partial charge < -0.3 is 25.5 Å². The Bertz CT molecular complexity index is 1030. The molecule has 2 fully saturated rings. The van der Waals surface area contributed by atoms with Crippen LogP contribution < -0.4 is 11.1 Å². The fraction of sp³-hybridized carbons (Fsp3) is 0.526. The maximum atomic E-state index is 13.0. The molecule has 14 heteroatoms. The highest BCUT2D eigenvalue weighted by molar-refractivity contribution is 8.00. The Balaban J connectivity index is 1.51. The van der Waals surface area contributed by atoms with E-state index in [9.17, 15) is 19.5 Å². The molecule has 0 bridgehead atoms. The molecule has 1 unspecified atom stereocenters. The van der Waals surface area contributed by atoms with Crippen LogP contribution in [0.3, 0.4) is 0 Å². The lowest BCUT2D eigenvalue weighted by Gasteiger charge is -2.50. The van der Waals surface area contributed by atoms with Gasteiger partial charge in [0.15, 0.2) is 10.8 Å². The van der Waals surface area contributed by atoms with Crippen molar-refractivity contribution in [2.24, 2.45) is 5.16 Å². The molecule has 0 aliphatic carbocycles. The summed E-state index contributed by atoms with van der Waals surface area (Å²) in [6, 6.07) is -0.868. The zero-order chi connectivity index (χ0) is 23.8. The van der Waals surface area contributed by atoms with Gasteiger partial charge in [-0.25, -0.2) is 9.78 Å². The predicted molar refractivity (Wildman–Crippen MR) is 128 cm³/mol. The topological polar surface area (TPSA) is 147 Å². The summed E-state index contributed by atoms with van der Waals surface area (Å²) in [5.41, 5.74) is 6.59. The van der Waals surface area contributed by atoms with E-state index in [2.05, 4.69) is 22.5 Å². The summed E-state index contributed by atoms with van der Waals surface area (Å²) in [6.07, 6.45) is 0. The third kappa shape index (κ3) is 4.69. The number of rotatable bonds is 7.